The summed E-state index contributed by atoms with van der Waals surface area (Å²) in [5, 5.41) is 10.1. The Labute approximate surface area is 141 Å². The van der Waals surface area contributed by atoms with Crippen LogP contribution >= 0.6 is 0 Å². The van der Waals surface area contributed by atoms with Crippen LogP contribution in [0.4, 0.5) is 0 Å². The summed E-state index contributed by atoms with van der Waals surface area (Å²) in [5.74, 6) is 1.79. The van der Waals surface area contributed by atoms with Gasteiger partial charge >= 0.3 is 0 Å². The Balaban J connectivity index is 1.63. The minimum atomic E-state index is -0.198. The molecule has 2 bridgehead atoms. The molecule has 0 spiro atoms. The number of rotatable bonds is 2. The molecule has 0 saturated heterocycles. The molecule has 0 N–H and O–H groups in total. The highest BCUT2D eigenvalue weighted by Gasteiger charge is 2.71. The fraction of sp³-hybridized carbons (Fsp3) is 0.273. The van der Waals surface area contributed by atoms with E-state index in [1.165, 1.54) is 11.1 Å². The summed E-state index contributed by atoms with van der Waals surface area (Å²) in [7, 11) is 0. The van der Waals surface area contributed by atoms with Crippen molar-refractivity contribution in [3.8, 4) is 0 Å². The molecule has 3 aliphatic carbocycles. The van der Waals surface area contributed by atoms with Crippen LogP contribution in [-0.2, 0) is 11.1 Å². The van der Waals surface area contributed by atoms with E-state index in [4.69, 9.17) is 10.2 Å². The van der Waals surface area contributed by atoms with Gasteiger partial charge in [0.1, 0.15) is 11.1 Å². The van der Waals surface area contributed by atoms with Gasteiger partial charge in [-0.3, -0.25) is 0 Å². The molecule has 0 unspecified atom stereocenters. The van der Waals surface area contributed by atoms with Gasteiger partial charge in [-0.2, -0.15) is 10.2 Å². The van der Waals surface area contributed by atoms with E-state index in [0.717, 1.165) is 0 Å². The van der Waals surface area contributed by atoms with E-state index in [1.54, 1.807) is 0 Å². The van der Waals surface area contributed by atoms with Crippen molar-refractivity contribution in [3.63, 3.8) is 0 Å². The van der Waals surface area contributed by atoms with E-state index in [-0.39, 0.29) is 11.1 Å². The van der Waals surface area contributed by atoms with Gasteiger partial charge in [0.05, 0.1) is 0 Å². The van der Waals surface area contributed by atoms with E-state index in [0.29, 0.717) is 23.7 Å². The van der Waals surface area contributed by atoms with E-state index < -0.39 is 0 Å². The van der Waals surface area contributed by atoms with Crippen LogP contribution in [0.1, 0.15) is 11.1 Å². The van der Waals surface area contributed by atoms with Crippen LogP contribution in [0.25, 0.3) is 0 Å². The maximum atomic E-state index is 5.04. The molecule has 1 fully saturated rings. The lowest BCUT2D eigenvalue weighted by Gasteiger charge is -2.66. The topological polar surface area (TPSA) is 24.7 Å². The minimum absolute atomic E-state index is 0.198. The first-order valence-corrected chi connectivity index (χ1v) is 8.79. The van der Waals surface area contributed by atoms with Gasteiger partial charge < -0.3 is 0 Å². The van der Waals surface area contributed by atoms with Crippen molar-refractivity contribution in [2.45, 2.75) is 11.1 Å². The molecular weight excluding hydrogens is 292 g/mol. The van der Waals surface area contributed by atoms with Crippen LogP contribution in [0.2, 0.25) is 0 Å². The van der Waals surface area contributed by atoms with Crippen molar-refractivity contribution >= 4 is 0 Å². The SMILES string of the molecule is C1=C[C@H]2[C@H]1C1(c3ccccc3)N=NC2(c2ccccc2)[C@H]2C=C[C@@H]21. The first-order chi connectivity index (χ1) is 11.9. The van der Waals surface area contributed by atoms with Gasteiger partial charge in [-0.1, -0.05) is 85.0 Å². The summed E-state index contributed by atoms with van der Waals surface area (Å²) >= 11 is 0. The summed E-state index contributed by atoms with van der Waals surface area (Å²) in [6, 6.07) is 21.6. The van der Waals surface area contributed by atoms with E-state index in [9.17, 15) is 0 Å². The Morgan fingerprint density at radius 1 is 0.500 bits per heavy atom. The second kappa shape index (κ2) is 4.13. The van der Waals surface area contributed by atoms with E-state index in [1.807, 2.05) is 0 Å². The minimum Gasteiger partial charge on any atom is -0.180 e. The van der Waals surface area contributed by atoms with E-state index >= 15 is 0 Å². The summed E-state index contributed by atoms with van der Waals surface area (Å²) in [5.41, 5.74) is 2.23. The first kappa shape index (κ1) is 12.9. The van der Waals surface area contributed by atoms with Crippen LogP contribution in [-0.4, -0.2) is 0 Å². The second-order valence-electron chi connectivity index (χ2n) is 7.46. The molecular formula is C22H18N2. The average Bonchev–Trinajstić information content (AvgIpc) is 2.57. The standard InChI is InChI=1S/C22H18N2/c1-3-7-15(8-4-1)21-17-11-13-19(17)22(24-23-21,20-14-12-18(20)21)16-9-5-2-6-10-16/h1-14,17-20H/t17-,18-,19-,20-,21?,22?/m0/s1. The molecule has 2 heteroatoms. The number of nitrogens with zero attached hydrogens (tertiary/aromatic N) is 2. The lowest BCUT2D eigenvalue weighted by molar-refractivity contribution is -0.0555. The van der Waals surface area contributed by atoms with Crippen molar-refractivity contribution in [2.24, 2.45) is 33.9 Å². The molecule has 1 saturated carbocycles. The summed E-state index contributed by atoms with van der Waals surface area (Å²) in [6.07, 6.45) is 9.48. The molecule has 2 aromatic carbocycles. The monoisotopic (exact) mass is 310 g/mol. The van der Waals surface area contributed by atoms with Crippen molar-refractivity contribution in [1.82, 2.24) is 0 Å². The molecule has 4 atom stereocenters. The summed E-state index contributed by atoms with van der Waals surface area (Å²) in [4.78, 5) is 0. The number of azo groups is 1. The summed E-state index contributed by atoms with van der Waals surface area (Å²) < 4.78 is 0. The van der Waals surface area contributed by atoms with Gasteiger partial charge in [-0.25, -0.2) is 0 Å². The number of hydrogen-bond donors (Lipinski definition) is 0. The Kier molecular flexibility index (Phi) is 2.22. The zero-order valence-corrected chi connectivity index (χ0v) is 13.3. The highest BCUT2D eigenvalue weighted by molar-refractivity contribution is 5.49. The number of benzene rings is 2. The Hall–Kier alpha value is -2.48. The second-order valence-corrected chi connectivity index (χ2v) is 7.46. The lowest BCUT2D eigenvalue weighted by Crippen LogP contribution is -2.67. The molecule has 2 aromatic rings. The molecule has 5 aliphatic rings. The molecule has 0 radical (unpaired) electrons. The maximum Gasteiger partial charge on any atom is 0.120 e. The Morgan fingerprint density at radius 3 is 1.12 bits per heavy atom. The average molecular weight is 310 g/mol. The van der Waals surface area contributed by atoms with Gasteiger partial charge in [-0.05, 0) is 11.1 Å². The van der Waals surface area contributed by atoms with Crippen LogP contribution in [0.3, 0.4) is 0 Å². The summed E-state index contributed by atoms with van der Waals surface area (Å²) in [6.45, 7) is 0. The highest BCUT2D eigenvalue weighted by Crippen LogP contribution is 2.71. The van der Waals surface area contributed by atoms with Gasteiger partial charge in [0.2, 0.25) is 0 Å². The van der Waals surface area contributed by atoms with Gasteiger partial charge in [0.25, 0.3) is 0 Å². The molecule has 0 aromatic heterocycles. The molecule has 24 heavy (non-hydrogen) atoms. The Morgan fingerprint density at radius 2 is 0.833 bits per heavy atom. The van der Waals surface area contributed by atoms with Crippen LogP contribution in [0.15, 0.2) is 95.2 Å². The molecule has 116 valence electrons. The third-order valence-electron chi connectivity index (χ3n) is 6.71. The maximum absolute atomic E-state index is 5.04. The molecule has 2 heterocycles. The molecule has 2 aliphatic heterocycles. The fourth-order valence-electron chi connectivity index (χ4n) is 5.52. The van der Waals surface area contributed by atoms with Gasteiger partial charge in [0.15, 0.2) is 0 Å². The fourth-order valence-corrected chi connectivity index (χ4v) is 5.52. The molecule has 2 nitrogen and oxygen atoms in total. The third kappa shape index (κ3) is 1.21. The first-order valence-electron chi connectivity index (χ1n) is 8.79. The quantitative estimate of drug-likeness (QED) is 0.708. The van der Waals surface area contributed by atoms with Crippen molar-refractivity contribution < 1.29 is 0 Å². The van der Waals surface area contributed by atoms with Crippen LogP contribution in [0, 0.1) is 23.7 Å². The van der Waals surface area contributed by atoms with Crippen molar-refractivity contribution in [2.75, 3.05) is 0 Å². The molecule has 7 rings (SSSR count). The predicted molar refractivity (Wildman–Crippen MR) is 93.3 cm³/mol. The van der Waals surface area contributed by atoms with Crippen LogP contribution < -0.4 is 0 Å². The predicted octanol–water partition coefficient (Wildman–Crippen LogP) is 4.86. The normalized spacial score (nSPS) is 42.8. The molecule has 0 amide bonds. The smallest absolute Gasteiger partial charge is 0.120 e. The van der Waals surface area contributed by atoms with Crippen molar-refractivity contribution in [1.29, 1.82) is 0 Å². The van der Waals surface area contributed by atoms with Crippen LogP contribution in [0.5, 0.6) is 0 Å². The number of hydrogen-bond acceptors (Lipinski definition) is 2. The van der Waals surface area contributed by atoms with Crippen molar-refractivity contribution in [3.05, 3.63) is 96.1 Å². The third-order valence-corrected chi connectivity index (χ3v) is 6.71. The van der Waals surface area contributed by atoms with E-state index in [2.05, 4.69) is 85.0 Å². The largest absolute Gasteiger partial charge is 0.180 e. The lowest BCUT2D eigenvalue weighted by atomic mass is 9.41. The zero-order valence-electron chi connectivity index (χ0n) is 13.3. The Bertz CT molecular complexity index is 795. The van der Waals surface area contributed by atoms with Gasteiger partial charge in [0, 0.05) is 23.7 Å². The zero-order chi connectivity index (χ0) is 15.8. The van der Waals surface area contributed by atoms with Gasteiger partial charge in [-0.15, -0.1) is 0 Å². The highest BCUT2D eigenvalue weighted by atomic mass is 15.3.